The molecule has 0 saturated heterocycles. The lowest BCUT2D eigenvalue weighted by Gasteiger charge is -2.32. The zero-order chi connectivity index (χ0) is 26.1. The molecule has 1 aliphatic rings. The molecule has 2 atom stereocenters. The SMILES string of the molecule is CCCCCCCCCCCNC(=O)N[C@H]1CCCC[C@@H]1NC(=O)NCCCCCCCCCCC. The van der Waals surface area contributed by atoms with Crippen LogP contribution in [0, 0.1) is 0 Å². The van der Waals surface area contributed by atoms with E-state index in [0.29, 0.717) is 0 Å². The molecule has 0 aliphatic heterocycles. The predicted octanol–water partition coefficient (Wildman–Crippen LogP) is 7.96. The Morgan fingerprint density at radius 3 is 1.14 bits per heavy atom. The number of urea groups is 2. The summed E-state index contributed by atoms with van der Waals surface area (Å²) in [6, 6.07) is -0.160. The molecule has 0 bridgehead atoms. The van der Waals surface area contributed by atoms with Crippen molar-refractivity contribution < 1.29 is 9.59 Å². The summed E-state index contributed by atoms with van der Waals surface area (Å²) in [4.78, 5) is 24.8. The van der Waals surface area contributed by atoms with Crippen LogP contribution in [0.5, 0.6) is 0 Å². The third kappa shape index (κ3) is 18.8. The van der Waals surface area contributed by atoms with Crippen molar-refractivity contribution in [2.45, 2.75) is 167 Å². The van der Waals surface area contributed by atoms with E-state index < -0.39 is 0 Å². The molecule has 0 aromatic heterocycles. The third-order valence-electron chi connectivity index (χ3n) is 7.53. The Labute approximate surface area is 223 Å². The molecule has 1 saturated carbocycles. The molecule has 0 spiro atoms. The van der Waals surface area contributed by atoms with Crippen LogP contribution in [0.25, 0.3) is 0 Å². The first-order valence-corrected chi connectivity index (χ1v) is 15.8. The van der Waals surface area contributed by atoms with Crippen molar-refractivity contribution in [3.05, 3.63) is 0 Å². The molecule has 6 nitrogen and oxygen atoms in total. The Kier molecular flexibility index (Phi) is 21.6. The molecular weight excluding hydrogens is 448 g/mol. The largest absolute Gasteiger partial charge is 0.338 e. The van der Waals surface area contributed by atoms with Crippen LogP contribution in [0.2, 0.25) is 0 Å². The molecule has 0 radical (unpaired) electrons. The molecule has 1 aliphatic carbocycles. The number of unbranched alkanes of at least 4 members (excludes halogenated alkanes) is 16. The van der Waals surface area contributed by atoms with Gasteiger partial charge in [-0.2, -0.15) is 0 Å². The number of amides is 4. The van der Waals surface area contributed by atoms with Gasteiger partial charge in [0.1, 0.15) is 0 Å². The highest BCUT2D eigenvalue weighted by atomic mass is 16.2. The molecule has 1 fully saturated rings. The second-order valence-corrected chi connectivity index (χ2v) is 11.0. The summed E-state index contributed by atoms with van der Waals surface area (Å²) in [5.41, 5.74) is 0. The van der Waals surface area contributed by atoms with Gasteiger partial charge in [-0.05, 0) is 25.7 Å². The fourth-order valence-electron chi connectivity index (χ4n) is 5.19. The number of carbonyl (C=O) groups excluding carboxylic acids is 2. The van der Waals surface area contributed by atoms with Gasteiger partial charge in [-0.3, -0.25) is 0 Å². The van der Waals surface area contributed by atoms with Gasteiger partial charge < -0.3 is 21.3 Å². The van der Waals surface area contributed by atoms with Crippen LogP contribution < -0.4 is 21.3 Å². The van der Waals surface area contributed by atoms with Gasteiger partial charge in [0.25, 0.3) is 0 Å². The molecular formula is C30H60N4O2. The molecule has 0 unspecified atom stereocenters. The first kappa shape index (κ1) is 32.6. The van der Waals surface area contributed by atoms with E-state index in [4.69, 9.17) is 0 Å². The highest BCUT2D eigenvalue weighted by Gasteiger charge is 2.27. The Hall–Kier alpha value is -1.46. The predicted molar refractivity (Wildman–Crippen MR) is 154 cm³/mol. The summed E-state index contributed by atoms with van der Waals surface area (Å²) in [6.45, 7) is 5.97. The maximum absolute atomic E-state index is 12.4. The smallest absolute Gasteiger partial charge is 0.315 e. The second kappa shape index (κ2) is 23.9. The first-order chi connectivity index (χ1) is 17.7. The molecule has 1 rings (SSSR count). The standard InChI is InChI=1S/C30H60N4O2/c1-3-5-7-9-11-13-15-17-21-25-31-29(35)33-27-23-19-20-24-28(27)34-30(36)32-26-22-18-16-14-12-10-8-6-4-2/h27-28H,3-26H2,1-2H3,(H2,31,33,35)(H2,32,34,36)/t27-,28-/m0/s1. The van der Waals surface area contributed by atoms with Gasteiger partial charge >= 0.3 is 12.1 Å². The van der Waals surface area contributed by atoms with E-state index in [1.54, 1.807) is 0 Å². The van der Waals surface area contributed by atoms with Crippen molar-refractivity contribution in [2.75, 3.05) is 13.1 Å². The maximum Gasteiger partial charge on any atom is 0.315 e. The van der Waals surface area contributed by atoms with Crippen molar-refractivity contribution >= 4 is 12.1 Å². The van der Waals surface area contributed by atoms with Gasteiger partial charge in [-0.15, -0.1) is 0 Å². The summed E-state index contributed by atoms with van der Waals surface area (Å²) in [5, 5.41) is 12.3. The van der Waals surface area contributed by atoms with Crippen LogP contribution in [-0.4, -0.2) is 37.2 Å². The van der Waals surface area contributed by atoms with Gasteiger partial charge in [-0.25, -0.2) is 9.59 Å². The van der Waals surface area contributed by atoms with Crippen LogP contribution in [0.4, 0.5) is 9.59 Å². The van der Waals surface area contributed by atoms with Crippen molar-refractivity contribution in [3.8, 4) is 0 Å². The Morgan fingerprint density at radius 1 is 0.500 bits per heavy atom. The number of rotatable bonds is 22. The Balaban J connectivity index is 2.07. The highest BCUT2D eigenvalue weighted by molar-refractivity contribution is 5.75. The van der Waals surface area contributed by atoms with E-state index in [0.717, 1.165) is 51.6 Å². The minimum absolute atomic E-state index is 0.0142. The monoisotopic (exact) mass is 508 g/mol. The van der Waals surface area contributed by atoms with E-state index in [2.05, 4.69) is 35.1 Å². The topological polar surface area (TPSA) is 82.3 Å². The molecule has 6 heteroatoms. The zero-order valence-corrected chi connectivity index (χ0v) is 23.9. The lowest BCUT2D eigenvalue weighted by Crippen LogP contribution is -2.56. The molecule has 4 N–H and O–H groups in total. The molecule has 36 heavy (non-hydrogen) atoms. The lowest BCUT2D eigenvalue weighted by molar-refractivity contribution is 0.213. The first-order valence-electron chi connectivity index (χ1n) is 15.8. The average Bonchev–Trinajstić information content (AvgIpc) is 2.87. The van der Waals surface area contributed by atoms with Crippen LogP contribution in [0.1, 0.15) is 155 Å². The average molecular weight is 509 g/mol. The van der Waals surface area contributed by atoms with Crippen LogP contribution in [-0.2, 0) is 0 Å². The molecule has 4 amide bonds. The third-order valence-corrected chi connectivity index (χ3v) is 7.53. The lowest BCUT2D eigenvalue weighted by atomic mass is 9.90. The minimum atomic E-state index is -0.0941. The molecule has 0 aromatic carbocycles. The van der Waals surface area contributed by atoms with Crippen LogP contribution in [0.3, 0.4) is 0 Å². The van der Waals surface area contributed by atoms with Crippen LogP contribution in [0.15, 0.2) is 0 Å². The van der Waals surface area contributed by atoms with Crippen molar-refractivity contribution in [2.24, 2.45) is 0 Å². The Morgan fingerprint density at radius 2 is 0.806 bits per heavy atom. The number of nitrogens with one attached hydrogen (secondary N) is 4. The molecule has 0 heterocycles. The summed E-state index contributed by atoms with van der Waals surface area (Å²) < 4.78 is 0. The summed E-state index contributed by atoms with van der Waals surface area (Å²) in [6.07, 6.45) is 27.1. The Bertz CT molecular complexity index is 483. The highest BCUT2D eigenvalue weighted by Crippen LogP contribution is 2.18. The van der Waals surface area contributed by atoms with E-state index >= 15 is 0 Å². The van der Waals surface area contributed by atoms with Gasteiger partial charge in [0.2, 0.25) is 0 Å². The fraction of sp³-hybridized carbons (Fsp3) is 0.933. The maximum atomic E-state index is 12.4. The van der Waals surface area contributed by atoms with E-state index in [1.807, 2.05) is 0 Å². The van der Waals surface area contributed by atoms with Crippen molar-refractivity contribution in [1.29, 1.82) is 0 Å². The van der Waals surface area contributed by atoms with E-state index in [9.17, 15) is 9.59 Å². The normalized spacial score (nSPS) is 17.5. The summed E-state index contributed by atoms with van der Waals surface area (Å²) >= 11 is 0. The number of hydrogen-bond acceptors (Lipinski definition) is 2. The van der Waals surface area contributed by atoms with Gasteiger partial charge in [0.05, 0.1) is 12.1 Å². The second-order valence-electron chi connectivity index (χ2n) is 11.0. The summed E-state index contributed by atoms with van der Waals surface area (Å²) in [7, 11) is 0. The van der Waals surface area contributed by atoms with Crippen molar-refractivity contribution in [1.82, 2.24) is 21.3 Å². The fourth-order valence-corrected chi connectivity index (χ4v) is 5.19. The zero-order valence-electron chi connectivity index (χ0n) is 23.9. The quantitative estimate of drug-likeness (QED) is 0.112. The molecule has 0 aromatic rings. The summed E-state index contributed by atoms with van der Waals surface area (Å²) in [5.74, 6) is 0. The number of carbonyl (C=O) groups is 2. The van der Waals surface area contributed by atoms with E-state index in [1.165, 1.54) is 103 Å². The van der Waals surface area contributed by atoms with Crippen molar-refractivity contribution in [3.63, 3.8) is 0 Å². The molecule has 212 valence electrons. The van der Waals surface area contributed by atoms with Gasteiger partial charge in [0.15, 0.2) is 0 Å². The van der Waals surface area contributed by atoms with Gasteiger partial charge in [-0.1, -0.05) is 129 Å². The van der Waals surface area contributed by atoms with Crippen LogP contribution >= 0.6 is 0 Å². The number of hydrogen-bond donors (Lipinski definition) is 4. The minimum Gasteiger partial charge on any atom is -0.338 e. The van der Waals surface area contributed by atoms with Gasteiger partial charge in [0, 0.05) is 13.1 Å². The van der Waals surface area contributed by atoms with E-state index in [-0.39, 0.29) is 24.1 Å².